The second-order valence-corrected chi connectivity index (χ2v) is 7.07. The van der Waals surface area contributed by atoms with Crippen molar-refractivity contribution in [2.45, 2.75) is 31.1 Å². The Morgan fingerprint density at radius 2 is 2.25 bits per heavy atom. The van der Waals surface area contributed by atoms with Gasteiger partial charge < -0.3 is 10.6 Å². The molecule has 0 radical (unpaired) electrons. The Kier molecular flexibility index (Phi) is 5.31. The maximum atomic E-state index is 12.3. The fourth-order valence-corrected chi connectivity index (χ4v) is 2.87. The average Bonchev–Trinajstić information content (AvgIpc) is 2.46. The average molecular weight is 294 g/mol. The lowest BCUT2D eigenvalue weighted by Crippen LogP contribution is -2.39. The van der Waals surface area contributed by atoms with Crippen LogP contribution in [0.15, 0.2) is 24.3 Å². The van der Waals surface area contributed by atoms with Gasteiger partial charge in [-0.05, 0) is 17.5 Å². The van der Waals surface area contributed by atoms with Gasteiger partial charge in [-0.1, -0.05) is 31.2 Å². The van der Waals surface area contributed by atoms with Gasteiger partial charge in [0.05, 0.1) is 5.92 Å². The van der Waals surface area contributed by atoms with Gasteiger partial charge in [0.15, 0.2) is 0 Å². The monoisotopic (exact) mass is 294 g/mol. The Morgan fingerprint density at radius 1 is 1.50 bits per heavy atom. The van der Waals surface area contributed by atoms with Crippen molar-refractivity contribution in [3.05, 3.63) is 35.4 Å². The van der Waals surface area contributed by atoms with E-state index in [1.807, 2.05) is 25.1 Å². The third kappa shape index (κ3) is 3.67. The molecule has 5 heteroatoms. The van der Waals surface area contributed by atoms with Crippen LogP contribution in [0.5, 0.6) is 0 Å². The van der Waals surface area contributed by atoms with Crippen molar-refractivity contribution < 1.29 is 9.00 Å². The predicted molar refractivity (Wildman–Crippen MR) is 82.0 cm³/mol. The molecule has 110 valence electrons. The lowest BCUT2D eigenvalue weighted by Gasteiger charge is -2.25. The number of carbonyl (C=O) groups excluding carboxylic acids is 1. The van der Waals surface area contributed by atoms with Crippen LogP contribution in [0.4, 0.5) is 0 Å². The second-order valence-electron chi connectivity index (χ2n) is 5.27. The van der Waals surface area contributed by atoms with Crippen LogP contribution >= 0.6 is 0 Å². The Bertz CT molecular complexity index is 504. The van der Waals surface area contributed by atoms with Crippen molar-refractivity contribution in [2.24, 2.45) is 0 Å². The minimum atomic E-state index is -0.830. The molecule has 3 unspecified atom stereocenters. The fourth-order valence-electron chi connectivity index (χ4n) is 2.42. The van der Waals surface area contributed by atoms with E-state index in [1.165, 1.54) is 5.56 Å². The first-order valence-electron chi connectivity index (χ1n) is 6.98. The van der Waals surface area contributed by atoms with Crippen LogP contribution in [0.25, 0.3) is 0 Å². The molecule has 2 rings (SSSR count). The largest absolute Gasteiger partial charge is 0.355 e. The van der Waals surface area contributed by atoms with Crippen molar-refractivity contribution in [1.29, 1.82) is 0 Å². The van der Waals surface area contributed by atoms with Gasteiger partial charge in [0.1, 0.15) is 0 Å². The molecule has 4 nitrogen and oxygen atoms in total. The molecule has 0 bridgehead atoms. The van der Waals surface area contributed by atoms with Gasteiger partial charge in [-0.25, -0.2) is 0 Å². The fraction of sp³-hybridized carbons (Fsp3) is 0.533. The number of amides is 1. The number of rotatable bonds is 5. The van der Waals surface area contributed by atoms with E-state index in [0.29, 0.717) is 13.1 Å². The topological polar surface area (TPSA) is 58.2 Å². The Balaban J connectivity index is 1.92. The van der Waals surface area contributed by atoms with Gasteiger partial charge in [-0.15, -0.1) is 0 Å². The number of nitrogens with one attached hydrogen (secondary N) is 2. The lowest BCUT2D eigenvalue weighted by atomic mass is 9.90. The summed E-state index contributed by atoms with van der Waals surface area (Å²) in [6.45, 7) is 4.03. The molecule has 3 atom stereocenters. The summed E-state index contributed by atoms with van der Waals surface area (Å²) in [6, 6.07) is 8.07. The van der Waals surface area contributed by atoms with Gasteiger partial charge in [0.2, 0.25) is 5.91 Å². The first-order chi connectivity index (χ1) is 9.59. The molecule has 1 heterocycles. The summed E-state index contributed by atoms with van der Waals surface area (Å²) in [5.74, 6) is -0.0684. The van der Waals surface area contributed by atoms with E-state index < -0.39 is 10.8 Å². The standard InChI is InChI=1S/C15H22N2O2S/c1-11(20(2)19)7-8-17-15(18)14-10-16-9-12-5-3-4-6-13(12)14/h3-6,11,14,16H,7-10H2,1-2H3,(H,17,18). The van der Waals surface area contributed by atoms with E-state index in [0.717, 1.165) is 18.5 Å². The summed E-state index contributed by atoms with van der Waals surface area (Å²) >= 11 is 0. The summed E-state index contributed by atoms with van der Waals surface area (Å²) in [4.78, 5) is 12.3. The summed E-state index contributed by atoms with van der Waals surface area (Å²) in [5.41, 5.74) is 2.32. The molecule has 0 aromatic heterocycles. The van der Waals surface area contributed by atoms with Gasteiger partial charge in [-0.3, -0.25) is 9.00 Å². The van der Waals surface area contributed by atoms with Crippen LogP contribution in [0.1, 0.15) is 30.4 Å². The number of carbonyl (C=O) groups is 1. The summed E-state index contributed by atoms with van der Waals surface area (Å²) in [7, 11) is -0.830. The molecule has 0 saturated heterocycles. The van der Waals surface area contributed by atoms with E-state index in [9.17, 15) is 9.00 Å². The van der Waals surface area contributed by atoms with Crippen LogP contribution in [0, 0.1) is 0 Å². The van der Waals surface area contributed by atoms with Crippen molar-refractivity contribution in [3.8, 4) is 0 Å². The van der Waals surface area contributed by atoms with Gasteiger partial charge in [0.25, 0.3) is 0 Å². The minimum Gasteiger partial charge on any atom is -0.355 e. The number of hydrogen-bond donors (Lipinski definition) is 2. The molecular formula is C15H22N2O2S. The highest BCUT2D eigenvalue weighted by molar-refractivity contribution is 7.84. The first-order valence-corrected chi connectivity index (χ1v) is 8.60. The van der Waals surface area contributed by atoms with Crippen LogP contribution in [0.3, 0.4) is 0 Å². The van der Waals surface area contributed by atoms with Crippen molar-refractivity contribution >= 4 is 16.7 Å². The molecule has 1 amide bonds. The Hall–Kier alpha value is -1.20. The summed E-state index contributed by atoms with van der Waals surface area (Å²) in [5, 5.41) is 6.36. The van der Waals surface area contributed by atoms with Crippen molar-refractivity contribution in [1.82, 2.24) is 10.6 Å². The maximum Gasteiger partial charge on any atom is 0.228 e. The van der Waals surface area contributed by atoms with E-state index in [4.69, 9.17) is 0 Å². The summed E-state index contributed by atoms with van der Waals surface area (Å²) < 4.78 is 11.3. The molecule has 20 heavy (non-hydrogen) atoms. The molecule has 1 aliphatic rings. The highest BCUT2D eigenvalue weighted by Gasteiger charge is 2.25. The van der Waals surface area contributed by atoms with E-state index in [-0.39, 0.29) is 17.1 Å². The molecule has 2 N–H and O–H groups in total. The van der Waals surface area contributed by atoms with Gasteiger partial charge in [-0.2, -0.15) is 0 Å². The maximum absolute atomic E-state index is 12.3. The van der Waals surface area contributed by atoms with E-state index >= 15 is 0 Å². The molecule has 1 aliphatic heterocycles. The molecule has 0 saturated carbocycles. The molecule has 1 aromatic rings. The van der Waals surface area contributed by atoms with Gasteiger partial charge in [0, 0.05) is 41.9 Å². The van der Waals surface area contributed by atoms with E-state index in [2.05, 4.69) is 16.7 Å². The van der Waals surface area contributed by atoms with E-state index in [1.54, 1.807) is 6.26 Å². The highest BCUT2D eigenvalue weighted by Crippen LogP contribution is 2.23. The quantitative estimate of drug-likeness (QED) is 0.856. The zero-order valence-corrected chi connectivity index (χ0v) is 12.8. The minimum absolute atomic E-state index is 0.0544. The first kappa shape index (κ1) is 15.2. The normalized spacial score (nSPS) is 20.8. The molecular weight excluding hydrogens is 272 g/mol. The Morgan fingerprint density at radius 3 is 3.00 bits per heavy atom. The molecule has 0 spiro atoms. The zero-order chi connectivity index (χ0) is 14.5. The van der Waals surface area contributed by atoms with Crippen LogP contribution in [-0.4, -0.2) is 34.7 Å². The van der Waals surface area contributed by atoms with Crippen molar-refractivity contribution in [3.63, 3.8) is 0 Å². The smallest absolute Gasteiger partial charge is 0.228 e. The van der Waals surface area contributed by atoms with Gasteiger partial charge >= 0.3 is 0 Å². The van der Waals surface area contributed by atoms with Crippen molar-refractivity contribution in [2.75, 3.05) is 19.3 Å². The third-order valence-electron chi connectivity index (χ3n) is 3.83. The predicted octanol–water partition coefficient (Wildman–Crippen LogP) is 1.15. The van der Waals surface area contributed by atoms with Crippen LogP contribution < -0.4 is 10.6 Å². The van der Waals surface area contributed by atoms with Crippen LogP contribution in [0.2, 0.25) is 0 Å². The third-order valence-corrected chi connectivity index (χ3v) is 5.20. The number of hydrogen-bond acceptors (Lipinski definition) is 3. The lowest BCUT2D eigenvalue weighted by molar-refractivity contribution is -0.122. The zero-order valence-electron chi connectivity index (χ0n) is 12.0. The molecule has 0 fully saturated rings. The molecule has 1 aromatic carbocycles. The van der Waals surface area contributed by atoms with Crippen LogP contribution in [-0.2, 0) is 22.1 Å². The number of fused-ring (bicyclic) bond motifs is 1. The molecule has 0 aliphatic carbocycles. The summed E-state index contributed by atoms with van der Waals surface area (Å²) in [6.07, 6.45) is 2.45. The SMILES string of the molecule is CC(CCNC(=O)C1CNCc2ccccc21)S(C)=O. The Labute approximate surface area is 122 Å². The number of benzene rings is 1. The second kappa shape index (κ2) is 6.99. The highest BCUT2D eigenvalue weighted by atomic mass is 32.2.